The number of rotatable bonds is 4. The molecule has 17 heavy (non-hydrogen) atoms. The van der Waals surface area contributed by atoms with E-state index in [2.05, 4.69) is 49.3 Å². The van der Waals surface area contributed by atoms with Crippen LogP contribution >= 0.6 is 31.9 Å². The number of benzene rings is 1. The SMILES string of the molecule is CNCc1cc(Br)c(OC2CCCC2)c(Br)c1. The van der Waals surface area contributed by atoms with Crippen molar-refractivity contribution in [2.75, 3.05) is 7.05 Å². The zero-order valence-electron chi connectivity index (χ0n) is 9.93. The van der Waals surface area contributed by atoms with Crippen molar-refractivity contribution in [3.05, 3.63) is 26.6 Å². The maximum Gasteiger partial charge on any atom is 0.148 e. The van der Waals surface area contributed by atoms with Gasteiger partial charge in [0.1, 0.15) is 5.75 Å². The van der Waals surface area contributed by atoms with Gasteiger partial charge in [0, 0.05) is 6.54 Å². The monoisotopic (exact) mass is 361 g/mol. The van der Waals surface area contributed by atoms with Crippen molar-refractivity contribution < 1.29 is 4.74 Å². The Morgan fingerprint density at radius 3 is 2.35 bits per heavy atom. The van der Waals surface area contributed by atoms with Crippen LogP contribution in [0.25, 0.3) is 0 Å². The van der Waals surface area contributed by atoms with Gasteiger partial charge < -0.3 is 10.1 Å². The predicted molar refractivity (Wildman–Crippen MR) is 77.5 cm³/mol. The van der Waals surface area contributed by atoms with Gasteiger partial charge in [-0.1, -0.05) is 0 Å². The first-order valence-electron chi connectivity index (χ1n) is 6.00. The summed E-state index contributed by atoms with van der Waals surface area (Å²) in [6.07, 6.45) is 5.32. The van der Waals surface area contributed by atoms with Gasteiger partial charge in [-0.05, 0) is 82.3 Å². The Bertz CT molecular complexity index is 366. The first-order chi connectivity index (χ1) is 8.20. The predicted octanol–water partition coefficient (Wildman–Crippen LogP) is 4.25. The molecule has 1 aromatic carbocycles. The molecule has 0 radical (unpaired) electrons. The Hall–Kier alpha value is -0.0600. The Morgan fingerprint density at radius 1 is 1.24 bits per heavy atom. The summed E-state index contributed by atoms with van der Waals surface area (Å²) >= 11 is 7.18. The molecule has 2 rings (SSSR count). The van der Waals surface area contributed by atoms with Gasteiger partial charge in [0.2, 0.25) is 0 Å². The summed E-state index contributed by atoms with van der Waals surface area (Å²) in [6.45, 7) is 0.862. The molecule has 4 heteroatoms. The molecular weight excluding hydrogens is 346 g/mol. The van der Waals surface area contributed by atoms with Crippen molar-refractivity contribution in [1.29, 1.82) is 0 Å². The molecule has 0 unspecified atom stereocenters. The topological polar surface area (TPSA) is 21.3 Å². The normalized spacial score (nSPS) is 16.4. The van der Waals surface area contributed by atoms with Crippen LogP contribution in [0.5, 0.6) is 5.75 Å². The number of hydrogen-bond acceptors (Lipinski definition) is 2. The minimum absolute atomic E-state index is 0.387. The summed E-state index contributed by atoms with van der Waals surface area (Å²) in [5.74, 6) is 0.941. The molecule has 1 aromatic rings. The standard InChI is InChI=1S/C13H17Br2NO/c1-16-8-9-6-11(14)13(12(15)7-9)17-10-4-2-3-5-10/h6-7,10,16H,2-5,8H2,1H3. The van der Waals surface area contributed by atoms with Gasteiger partial charge in [-0.25, -0.2) is 0 Å². The second kappa shape index (κ2) is 6.21. The molecule has 0 aliphatic heterocycles. The average Bonchev–Trinajstić information content (AvgIpc) is 2.76. The fourth-order valence-electron chi connectivity index (χ4n) is 2.20. The third-order valence-electron chi connectivity index (χ3n) is 3.03. The van der Waals surface area contributed by atoms with Crippen LogP contribution in [0.2, 0.25) is 0 Å². The van der Waals surface area contributed by atoms with Crippen LogP contribution in [0.1, 0.15) is 31.2 Å². The lowest BCUT2D eigenvalue weighted by Gasteiger charge is -2.17. The largest absolute Gasteiger partial charge is 0.488 e. The first-order valence-corrected chi connectivity index (χ1v) is 7.58. The van der Waals surface area contributed by atoms with E-state index < -0.39 is 0 Å². The van der Waals surface area contributed by atoms with Crippen LogP contribution in [-0.4, -0.2) is 13.2 Å². The highest BCUT2D eigenvalue weighted by Crippen LogP contribution is 2.37. The lowest BCUT2D eigenvalue weighted by atomic mass is 10.2. The minimum atomic E-state index is 0.387. The van der Waals surface area contributed by atoms with Gasteiger partial charge in [0.25, 0.3) is 0 Å². The maximum absolute atomic E-state index is 6.06. The summed E-state index contributed by atoms with van der Waals surface area (Å²) in [4.78, 5) is 0. The molecule has 94 valence electrons. The first kappa shape index (κ1) is 13.4. The number of halogens is 2. The molecule has 0 spiro atoms. The van der Waals surface area contributed by atoms with Gasteiger partial charge in [-0.15, -0.1) is 0 Å². The van der Waals surface area contributed by atoms with Crippen molar-refractivity contribution in [1.82, 2.24) is 5.32 Å². The van der Waals surface area contributed by atoms with Crippen LogP contribution in [0.15, 0.2) is 21.1 Å². The van der Waals surface area contributed by atoms with E-state index in [0.29, 0.717) is 6.10 Å². The van der Waals surface area contributed by atoms with Crippen molar-refractivity contribution in [3.8, 4) is 5.75 Å². The van der Waals surface area contributed by atoms with Crippen molar-refractivity contribution in [2.24, 2.45) is 0 Å². The molecule has 1 fully saturated rings. The van der Waals surface area contributed by atoms with E-state index >= 15 is 0 Å². The van der Waals surface area contributed by atoms with Crippen LogP contribution in [0.3, 0.4) is 0 Å². The van der Waals surface area contributed by atoms with Crippen LogP contribution < -0.4 is 10.1 Å². The highest BCUT2D eigenvalue weighted by atomic mass is 79.9. The van der Waals surface area contributed by atoms with Gasteiger partial charge >= 0.3 is 0 Å². The smallest absolute Gasteiger partial charge is 0.148 e. The van der Waals surface area contributed by atoms with E-state index in [-0.39, 0.29) is 0 Å². The van der Waals surface area contributed by atoms with E-state index in [1.54, 1.807) is 0 Å². The summed E-state index contributed by atoms with van der Waals surface area (Å²) in [6, 6.07) is 4.23. The summed E-state index contributed by atoms with van der Waals surface area (Å²) in [5.41, 5.74) is 1.24. The quantitative estimate of drug-likeness (QED) is 0.864. The zero-order valence-corrected chi connectivity index (χ0v) is 13.1. The van der Waals surface area contributed by atoms with Crippen molar-refractivity contribution in [3.63, 3.8) is 0 Å². The number of hydrogen-bond donors (Lipinski definition) is 1. The van der Waals surface area contributed by atoms with E-state index in [9.17, 15) is 0 Å². The number of ether oxygens (including phenoxy) is 1. The molecule has 0 atom stereocenters. The molecule has 0 amide bonds. The average molecular weight is 363 g/mol. The van der Waals surface area contributed by atoms with Gasteiger partial charge in [0.15, 0.2) is 0 Å². The molecule has 0 saturated heterocycles. The van der Waals surface area contributed by atoms with Gasteiger partial charge in [0.05, 0.1) is 15.0 Å². The van der Waals surface area contributed by atoms with Crippen LogP contribution in [0.4, 0.5) is 0 Å². The Morgan fingerprint density at radius 2 is 1.82 bits per heavy atom. The fourth-order valence-corrected chi connectivity index (χ4v) is 3.67. The van der Waals surface area contributed by atoms with Crippen LogP contribution in [0, 0.1) is 0 Å². The minimum Gasteiger partial charge on any atom is -0.488 e. The fraction of sp³-hybridized carbons (Fsp3) is 0.538. The molecule has 1 aliphatic rings. The Kier molecular flexibility index (Phi) is 4.88. The third kappa shape index (κ3) is 3.46. The number of nitrogens with one attached hydrogen (secondary N) is 1. The lowest BCUT2D eigenvalue weighted by Crippen LogP contribution is -2.12. The second-order valence-corrected chi connectivity index (χ2v) is 6.15. The molecular formula is C13H17Br2NO. The van der Waals surface area contributed by atoms with Gasteiger partial charge in [-0.2, -0.15) is 0 Å². The maximum atomic E-state index is 6.06. The third-order valence-corrected chi connectivity index (χ3v) is 4.20. The second-order valence-electron chi connectivity index (χ2n) is 4.44. The molecule has 0 heterocycles. The van der Waals surface area contributed by atoms with E-state index in [0.717, 1.165) is 21.2 Å². The highest BCUT2D eigenvalue weighted by molar-refractivity contribution is 9.11. The molecule has 1 saturated carbocycles. The highest BCUT2D eigenvalue weighted by Gasteiger charge is 2.19. The molecule has 1 aliphatic carbocycles. The van der Waals surface area contributed by atoms with Crippen molar-refractivity contribution in [2.45, 2.75) is 38.3 Å². The molecule has 0 aromatic heterocycles. The van der Waals surface area contributed by atoms with Gasteiger partial charge in [-0.3, -0.25) is 0 Å². The Balaban J connectivity index is 2.15. The zero-order chi connectivity index (χ0) is 12.3. The Labute approximate surface area is 119 Å². The summed E-state index contributed by atoms with van der Waals surface area (Å²) in [7, 11) is 1.95. The summed E-state index contributed by atoms with van der Waals surface area (Å²) in [5, 5.41) is 3.15. The van der Waals surface area contributed by atoms with E-state index in [4.69, 9.17) is 4.74 Å². The van der Waals surface area contributed by atoms with Crippen molar-refractivity contribution >= 4 is 31.9 Å². The van der Waals surface area contributed by atoms with E-state index in [1.807, 2.05) is 7.05 Å². The van der Waals surface area contributed by atoms with E-state index in [1.165, 1.54) is 31.2 Å². The molecule has 0 bridgehead atoms. The summed E-state index contributed by atoms with van der Waals surface area (Å²) < 4.78 is 8.12. The lowest BCUT2D eigenvalue weighted by molar-refractivity contribution is 0.207. The van der Waals surface area contributed by atoms with Crippen LogP contribution in [-0.2, 0) is 6.54 Å². The molecule has 1 N–H and O–H groups in total. The molecule has 2 nitrogen and oxygen atoms in total.